The number of carbonyl (C=O) groups excluding carboxylic acids is 2. The molecule has 0 bridgehead atoms. The lowest BCUT2D eigenvalue weighted by atomic mass is 10.4. The highest BCUT2D eigenvalue weighted by Crippen LogP contribution is 2.32. The highest BCUT2D eigenvalue weighted by atomic mass is 31.2. The molecule has 0 radical (unpaired) electrons. The van der Waals surface area contributed by atoms with Crippen molar-refractivity contribution in [2.24, 2.45) is 0 Å². The quantitative estimate of drug-likeness (QED) is 0.321. The van der Waals surface area contributed by atoms with Crippen LogP contribution in [0.1, 0.15) is 53.4 Å². The van der Waals surface area contributed by atoms with Crippen molar-refractivity contribution in [3.63, 3.8) is 0 Å². The van der Waals surface area contributed by atoms with Crippen LogP contribution in [0.3, 0.4) is 0 Å². The zero-order valence-electron chi connectivity index (χ0n) is 12.2. The second kappa shape index (κ2) is 15.5. The number of esters is 2. The smallest absolute Gasteiger partial charge is 0.329 e. The minimum Gasteiger partial charge on any atom is -0.394 e. The van der Waals surface area contributed by atoms with E-state index in [1.807, 2.05) is 0 Å². The Morgan fingerprint density at radius 3 is 1.53 bits per heavy atom. The molecule has 114 valence electrons. The number of hydrogen-bond acceptors (Lipinski definition) is 6. The molecule has 0 aromatic heterocycles. The number of unbranched alkanes of at least 4 members (excludes halogenated alkanes) is 2. The van der Waals surface area contributed by atoms with Crippen molar-refractivity contribution in [2.45, 2.75) is 53.4 Å². The summed E-state index contributed by atoms with van der Waals surface area (Å²) < 4.78 is 14.0. The average molecular weight is 296 g/mol. The van der Waals surface area contributed by atoms with E-state index in [0.29, 0.717) is 13.2 Å². The van der Waals surface area contributed by atoms with E-state index in [9.17, 15) is 9.59 Å². The molecule has 6 nitrogen and oxygen atoms in total. The molecule has 0 spiro atoms. The van der Waals surface area contributed by atoms with Gasteiger partial charge in [0.1, 0.15) is 0 Å². The van der Waals surface area contributed by atoms with Gasteiger partial charge in [-0.3, -0.25) is 9.59 Å². The predicted octanol–water partition coefficient (Wildman–Crippen LogP) is 2.94. The third-order valence-corrected chi connectivity index (χ3v) is 2.49. The van der Waals surface area contributed by atoms with E-state index in [4.69, 9.17) is 13.9 Å². The van der Waals surface area contributed by atoms with E-state index in [2.05, 4.69) is 18.6 Å². The van der Waals surface area contributed by atoms with Gasteiger partial charge in [0, 0.05) is 13.8 Å². The lowest BCUT2D eigenvalue weighted by molar-refractivity contribution is -0.156. The van der Waals surface area contributed by atoms with Crippen LogP contribution in [0.2, 0.25) is 0 Å². The maximum atomic E-state index is 9.81. The maximum absolute atomic E-state index is 9.81. The van der Waals surface area contributed by atoms with Gasteiger partial charge in [0.25, 0.3) is 0 Å². The van der Waals surface area contributed by atoms with E-state index in [0.717, 1.165) is 25.7 Å². The first-order chi connectivity index (χ1) is 8.93. The molecule has 7 heteroatoms. The SMILES string of the molecule is CC(=O)OC(C)=O.CCCCOP(O)OCCCC. The molecule has 0 aromatic carbocycles. The summed E-state index contributed by atoms with van der Waals surface area (Å²) in [4.78, 5) is 28.7. The summed E-state index contributed by atoms with van der Waals surface area (Å²) >= 11 is 0. The van der Waals surface area contributed by atoms with Crippen molar-refractivity contribution in [1.29, 1.82) is 0 Å². The predicted molar refractivity (Wildman–Crippen MR) is 73.3 cm³/mol. The Morgan fingerprint density at radius 2 is 1.32 bits per heavy atom. The molecular weight excluding hydrogens is 271 g/mol. The highest BCUT2D eigenvalue weighted by Gasteiger charge is 2.04. The van der Waals surface area contributed by atoms with Crippen molar-refractivity contribution in [1.82, 2.24) is 0 Å². The van der Waals surface area contributed by atoms with Gasteiger partial charge in [-0.2, -0.15) is 0 Å². The summed E-state index contributed by atoms with van der Waals surface area (Å²) in [6.45, 7) is 7.74. The summed E-state index contributed by atoms with van der Waals surface area (Å²) in [7, 11) is -1.60. The molecule has 0 fully saturated rings. The molecule has 0 atom stereocenters. The number of rotatable bonds is 8. The van der Waals surface area contributed by atoms with Crippen LogP contribution in [0, 0.1) is 0 Å². The lowest BCUT2D eigenvalue weighted by Gasteiger charge is -2.09. The molecule has 19 heavy (non-hydrogen) atoms. The van der Waals surface area contributed by atoms with Crippen molar-refractivity contribution >= 4 is 20.5 Å². The number of hydrogen-bond donors (Lipinski definition) is 1. The molecule has 0 aliphatic rings. The minimum atomic E-state index is -1.60. The Hall–Kier alpha value is -0.550. The average Bonchev–Trinajstić information content (AvgIpc) is 2.28. The van der Waals surface area contributed by atoms with Gasteiger partial charge in [0.2, 0.25) is 0 Å². The van der Waals surface area contributed by atoms with Crippen LogP contribution in [0.25, 0.3) is 0 Å². The largest absolute Gasteiger partial charge is 0.394 e. The van der Waals surface area contributed by atoms with Crippen LogP contribution in [0.15, 0.2) is 0 Å². The van der Waals surface area contributed by atoms with E-state index in [1.54, 1.807) is 0 Å². The van der Waals surface area contributed by atoms with Crippen LogP contribution >= 0.6 is 8.60 Å². The van der Waals surface area contributed by atoms with Crippen LogP contribution < -0.4 is 0 Å². The second-order valence-corrected chi connectivity index (χ2v) is 4.69. The zero-order chi connectivity index (χ0) is 15.1. The van der Waals surface area contributed by atoms with E-state index < -0.39 is 20.5 Å². The van der Waals surface area contributed by atoms with Gasteiger partial charge >= 0.3 is 20.5 Å². The standard InChI is InChI=1S/C8H19O3P.C4H6O3/c1-3-5-7-10-12(9)11-8-6-4-2;1-3(5)7-4(2)6/h9H,3-8H2,1-2H3;1-2H3. The fourth-order valence-electron chi connectivity index (χ4n) is 0.814. The molecule has 1 N–H and O–H groups in total. The van der Waals surface area contributed by atoms with E-state index in [1.165, 1.54) is 13.8 Å². The Morgan fingerprint density at radius 1 is 0.947 bits per heavy atom. The summed E-state index contributed by atoms with van der Waals surface area (Å²) in [5, 5.41) is 0. The normalized spacial score (nSPS) is 9.79. The van der Waals surface area contributed by atoms with Crippen LogP contribution in [0.5, 0.6) is 0 Å². The molecule has 0 aliphatic carbocycles. The summed E-state index contributed by atoms with van der Waals surface area (Å²) in [6, 6.07) is 0. The Labute approximate surface area is 116 Å². The molecule has 0 unspecified atom stereocenters. The van der Waals surface area contributed by atoms with Crippen LogP contribution in [0.4, 0.5) is 0 Å². The van der Waals surface area contributed by atoms with Crippen LogP contribution in [-0.2, 0) is 23.4 Å². The first-order valence-corrected chi connectivity index (χ1v) is 7.50. The molecule has 0 saturated carbocycles. The summed E-state index contributed by atoms with van der Waals surface area (Å²) in [5.41, 5.74) is 0. The highest BCUT2D eigenvalue weighted by molar-refractivity contribution is 7.40. The Balaban J connectivity index is 0. The van der Waals surface area contributed by atoms with Gasteiger partial charge in [-0.15, -0.1) is 0 Å². The third-order valence-electron chi connectivity index (χ3n) is 1.69. The molecule has 0 saturated heterocycles. The van der Waals surface area contributed by atoms with Gasteiger partial charge in [-0.1, -0.05) is 26.7 Å². The first-order valence-electron chi connectivity index (χ1n) is 6.37. The lowest BCUT2D eigenvalue weighted by Crippen LogP contribution is -2.03. The molecule has 0 aliphatic heterocycles. The Kier molecular flexibility index (Phi) is 16.9. The fourth-order valence-corrected chi connectivity index (χ4v) is 1.46. The fraction of sp³-hybridized carbons (Fsp3) is 0.833. The maximum Gasteiger partial charge on any atom is 0.329 e. The van der Waals surface area contributed by atoms with E-state index >= 15 is 0 Å². The van der Waals surface area contributed by atoms with Crippen molar-refractivity contribution in [3.05, 3.63) is 0 Å². The van der Waals surface area contributed by atoms with E-state index in [-0.39, 0.29) is 0 Å². The minimum absolute atomic E-state index is 0.562. The number of ether oxygens (including phenoxy) is 1. The van der Waals surface area contributed by atoms with Gasteiger partial charge in [-0.25, -0.2) is 0 Å². The van der Waals surface area contributed by atoms with Crippen molar-refractivity contribution in [2.75, 3.05) is 13.2 Å². The summed E-state index contributed by atoms with van der Waals surface area (Å²) in [5.74, 6) is -1.12. The Bertz CT molecular complexity index is 212. The van der Waals surface area contributed by atoms with Gasteiger partial charge in [0.05, 0.1) is 13.2 Å². The molecule has 0 amide bonds. The zero-order valence-corrected chi connectivity index (χ0v) is 13.1. The summed E-state index contributed by atoms with van der Waals surface area (Å²) in [6.07, 6.45) is 4.13. The molecule has 0 rings (SSSR count). The van der Waals surface area contributed by atoms with Gasteiger partial charge < -0.3 is 18.7 Å². The van der Waals surface area contributed by atoms with Gasteiger partial charge in [0.15, 0.2) is 0 Å². The molecule has 0 aromatic rings. The van der Waals surface area contributed by atoms with Gasteiger partial charge in [-0.05, 0) is 12.8 Å². The van der Waals surface area contributed by atoms with Crippen molar-refractivity contribution in [3.8, 4) is 0 Å². The molecule has 0 heterocycles. The third kappa shape index (κ3) is 23.0. The monoisotopic (exact) mass is 296 g/mol. The topological polar surface area (TPSA) is 82.1 Å². The van der Waals surface area contributed by atoms with Crippen molar-refractivity contribution < 1.29 is 28.3 Å². The second-order valence-electron chi connectivity index (χ2n) is 3.70. The first kappa shape index (κ1) is 20.8. The number of carbonyl (C=O) groups is 2. The molecular formula is C12H25O6P. The van der Waals surface area contributed by atoms with Crippen LogP contribution in [-0.4, -0.2) is 30.0 Å².